The first-order valence-electron chi connectivity index (χ1n) is 8.32. The van der Waals surface area contributed by atoms with Gasteiger partial charge in [-0.1, -0.05) is 32.9 Å². The van der Waals surface area contributed by atoms with E-state index in [1.807, 2.05) is 13.8 Å². The molecule has 0 saturated heterocycles. The third-order valence-electron chi connectivity index (χ3n) is 3.12. The van der Waals surface area contributed by atoms with Crippen LogP contribution in [0, 0.1) is 11.8 Å². The Bertz CT molecular complexity index is 620. The van der Waals surface area contributed by atoms with E-state index in [-0.39, 0.29) is 36.5 Å². The number of rotatable bonds is 10. The van der Waals surface area contributed by atoms with Crippen molar-refractivity contribution >= 4 is 17.7 Å². The molecule has 1 rings (SSSR count). The summed E-state index contributed by atoms with van der Waals surface area (Å²) >= 11 is 0. The van der Waals surface area contributed by atoms with Gasteiger partial charge in [0.25, 0.3) is 0 Å². The van der Waals surface area contributed by atoms with Gasteiger partial charge in [0, 0.05) is 12.0 Å². The van der Waals surface area contributed by atoms with Crippen molar-refractivity contribution < 1.29 is 19.1 Å². The molecule has 8 nitrogen and oxygen atoms in total. The van der Waals surface area contributed by atoms with E-state index in [2.05, 4.69) is 15.6 Å². The van der Waals surface area contributed by atoms with Crippen molar-refractivity contribution in [3.63, 3.8) is 0 Å². The molecule has 1 heterocycles. The first-order valence-corrected chi connectivity index (χ1v) is 8.32. The molecule has 1 amide bonds. The minimum absolute atomic E-state index is 0.106. The second-order valence-corrected chi connectivity index (χ2v) is 6.41. The van der Waals surface area contributed by atoms with Gasteiger partial charge in [-0.2, -0.15) is 0 Å². The lowest BCUT2D eigenvalue weighted by molar-refractivity contribution is -0.145. The summed E-state index contributed by atoms with van der Waals surface area (Å²) in [6.45, 7) is 8.43. The van der Waals surface area contributed by atoms with Crippen LogP contribution in [0.2, 0.25) is 0 Å². The van der Waals surface area contributed by atoms with Crippen molar-refractivity contribution in [3.05, 3.63) is 24.0 Å². The van der Waals surface area contributed by atoms with E-state index in [0.29, 0.717) is 24.8 Å². The number of carbonyl (C=O) groups excluding carboxylic acids is 3. The molecule has 0 aliphatic carbocycles. The molecule has 0 saturated carbocycles. The first kappa shape index (κ1) is 20.5. The van der Waals surface area contributed by atoms with Gasteiger partial charge in [-0.3, -0.25) is 19.1 Å². The van der Waals surface area contributed by atoms with E-state index in [9.17, 15) is 14.4 Å². The fourth-order valence-electron chi connectivity index (χ4n) is 1.65. The number of aryl methyl sites for hydroxylation is 1. The zero-order valence-electron chi connectivity index (χ0n) is 15.2. The molecule has 1 N–H and O–H groups in total. The van der Waals surface area contributed by atoms with E-state index in [1.165, 1.54) is 16.8 Å². The van der Waals surface area contributed by atoms with Crippen molar-refractivity contribution in [1.29, 1.82) is 0 Å². The van der Waals surface area contributed by atoms with Gasteiger partial charge in [-0.05, 0) is 12.0 Å². The van der Waals surface area contributed by atoms with E-state index in [0.717, 1.165) is 0 Å². The predicted molar refractivity (Wildman–Crippen MR) is 91.3 cm³/mol. The predicted octanol–water partition coefficient (Wildman–Crippen LogP) is 1.26. The van der Waals surface area contributed by atoms with E-state index < -0.39 is 0 Å². The summed E-state index contributed by atoms with van der Waals surface area (Å²) in [5.41, 5.74) is 0.562. The average molecular weight is 350 g/mol. The molecule has 0 bridgehead atoms. The van der Waals surface area contributed by atoms with Crippen LogP contribution in [-0.4, -0.2) is 39.3 Å². The number of aromatic nitrogens is 3. The zero-order chi connectivity index (χ0) is 18.8. The first-order chi connectivity index (χ1) is 11.8. The maximum atomic E-state index is 11.6. The summed E-state index contributed by atoms with van der Waals surface area (Å²) in [7, 11) is 0. The molecular formula is C17H26N4O4. The quantitative estimate of drug-likeness (QED) is 0.503. The highest BCUT2D eigenvalue weighted by atomic mass is 16.5. The van der Waals surface area contributed by atoms with Crippen molar-refractivity contribution in [2.24, 2.45) is 11.8 Å². The summed E-state index contributed by atoms with van der Waals surface area (Å²) in [6.07, 6.45) is 4.33. The minimum atomic E-state index is -0.374. The standard InChI is InChI=1S/C17H26N4O4/c1-12(2)11-25-17(24)7-8-21-10-14(19-20-21)9-18-16(23)6-5-15(22)13(3)4/h5-6,10,12-13H,7-9,11H2,1-4H3,(H,18,23)/b6-5+. The van der Waals surface area contributed by atoms with E-state index in [4.69, 9.17) is 4.74 Å². The Balaban J connectivity index is 2.34. The lowest BCUT2D eigenvalue weighted by atomic mass is 10.1. The van der Waals surface area contributed by atoms with Crippen molar-refractivity contribution in [2.75, 3.05) is 6.61 Å². The molecule has 0 spiro atoms. The minimum Gasteiger partial charge on any atom is -0.465 e. The number of hydrogen-bond donors (Lipinski definition) is 1. The van der Waals surface area contributed by atoms with Gasteiger partial charge in [-0.15, -0.1) is 5.10 Å². The van der Waals surface area contributed by atoms with Crippen molar-refractivity contribution in [2.45, 2.75) is 47.2 Å². The normalized spacial score (nSPS) is 11.3. The highest BCUT2D eigenvalue weighted by Gasteiger charge is 2.08. The lowest BCUT2D eigenvalue weighted by Crippen LogP contribution is -2.21. The number of amides is 1. The highest BCUT2D eigenvalue weighted by Crippen LogP contribution is 1.99. The molecule has 1 aromatic rings. The molecule has 25 heavy (non-hydrogen) atoms. The van der Waals surface area contributed by atoms with Gasteiger partial charge in [0.1, 0.15) is 5.69 Å². The SMILES string of the molecule is CC(C)COC(=O)CCn1cc(CNC(=O)/C=C/C(=O)C(C)C)nn1. The number of esters is 1. The number of hydrogen-bond acceptors (Lipinski definition) is 6. The fourth-order valence-corrected chi connectivity index (χ4v) is 1.65. The van der Waals surface area contributed by atoms with Crippen molar-refractivity contribution in [3.8, 4) is 0 Å². The van der Waals surface area contributed by atoms with Crippen LogP contribution in [0.1, 0.15) is 39.8 Å². The van der Waals surface area contributed by atoms with Gasteiger partial charge in [0.2, 0.25) is 5.91 Å². The third kappa shape index (κ3) is 8.78. The molecule has 138 valence electrons. The molecule has 0 unspecified atom stereocenters. The largest absolute Gasteiger partial charge is 0.465 e. The fraction of sp³-hybridized carbons (Fsp3) is 0.588. The van der Waals surface area contributed by atoms with Crippen LogP contribution in [0.15, 0.2) is 18.3 Å². The monoisotopic (exact) mass is 350 g/mol. The Morgan fingerprint density at radius 1 is 1.24 bits per heavy atom. The molecule has 0 atom stereocenters. The number of nitrogens with zero attached hydrogens (tertiary/aromatic N) is 3. The molecule has 8 heteroatoms. The molecular weight excluding hydrogens is 324 g/mol. The van der Waals surface area contributed by atoms with Gasteiger partial charge < -0.3 is 10.1 Å². The molecule has 0 aromatic carbocycles. The Morgan fingerprint density at radius 2 is 1.96 bits per heavy atom. The van der Waals surface area contributed by atoms with Crippen LogP contribution in [0.5, 0.6) is 0 Å². The third-order valence-corrected chi connectivity index (χ3v) is 3.12. The van der Waals surface area contributed by atoms with Gasteiger partial charge in [0.15, 0.2) is 5.78 Å². The highest BCUT2D eigenvalue weighted by molar-refractivity contribution is 5.98. The maximum Gasteiger partial charge on any atom is 0.307 e. The average Bonchev–Trinajstić information content (AvgIpc) is 3.01. The summed E-state index contributed by atoms with van der Waals surface area (Å²) in [5.74, 6) is -0.600. The number of allylic oxidation sites excluding steroid dienone is 1. The van der Waals surface area contributed by atoms with Crippen LogP contribution >= 0.6 is 0 Å². The van der Waals surface area contributed by atoms with Crippen molar-refractivity contribution in [1.82, 2.24) is 20.3 Å². The van der Waals surface area contributed by atoms with Gasteiger partial charge in [-0.25, -0.2) is 0 Å². The summed E-state index contributed by atoms with van der Waals surface area (Å²) < 4.78 is 6.61. The maximum absolute atomic E-state index is 11.6. The number of ether oxygens (including phenoxy) is 1. The number of nitrogens with one attached hydrogen (secondary N) is 1. The summed E-state index contributed by atoms with van der Waals surface area (Å²) in [6, 6.07) is 0. The van der Waals surface area contributed by atoms with Crippen LogP contribution in [0.25, 0.3) is 0 Å². The molecule has 0 aliphatic heterocycles. The second kappa shape index (κ2) is 10.4. The lowest BCUT2D eigenvalue weighted by Gasteiger charge is -2.06. The molecule has 0 aliphatic rings. The van der Waals surface area contributed by atoms with Crippen LogP contribution in [0.4, 0.5) is 0 Å². The second-order valence-electron chi connectivity index (χ2n) is 6.41. The molecule has 0 fully saturated rings. The summed E-state index contributed by atoms with van der Waals surface area (Å²) in [5, 5.41) is 10.4. The summed E-state index contributed by atoms with van der Waals surface area (Å²) in [4.78, 5) is 34.6. The zero-order valence-corrected chi connectivity index (χ0v) is 15.2. The van der Waals surface area contributed by atoms with Crippen LogP contribution in [0.3, 0.4) is 0 Å². The van der Waals surface area contributed by atoms with Gasteiger partial charge >= 0.3 is 5.97 Å². The van der Waals surface area contributed by atoms with Crippen LogP contribution < -0.4 is 5.32 Å². The van der Waals surface area contributed by atoms with Crippen LogP contribution in [-0.2, 0) is 32.2 Å². The van der Waals surface area contributed by atoms with E-state index in [1.54, 1.807) is 20.0 Å². The number of ketones is 1. The van der Waals surface area contributed by atoms with Gasteiger partial charge in [0.05, 0.1) is 32.3 Å². The Hall–Kier alpha value is -2.51. The molecule has 0 radical (unpaired) electrons. The Kier molecular flexibility index (Phi) is 8.52. The molecule has 1 aromatic heterocycles. The Labute approximate surface area is 147 Å². The van der Waals surface area contributed by atoms with E-state index >= 15 is 0 Å². The Morgan fingerprint density at radius 3 is 2.60 bits per heavy atom. The smallest absolute Gasteiger partial charge is 0.307 e. The number of carbonyl (C=O) groups is 3. The topological polar surface area (TPSA) is 103 Å².